The van der Waals surface area contributed by atoms with E-state index >= 15 is 0 Å². The molecule has 0 atom stereocenters. The molecule has 0 unspecified atom stereocenters. The van der Waals surface area contributed by atoms with Crippen molar-refractivity contribution in [2.45, 2.75) is 57.5 Å². The second-order valence-electron chi connectivity index (χ2n) is 4.48. The molecular weight excluding hydrogens is 148 g/mol. The second-order valence-corrected chi connectivity index (χ2v) is 6.78. The largest absolute Gasteiger partial charge is 0.0631 e. The molecule has 1 aliphatic carbocycles. The van der Waals surface area contributed by atoms with Gasteiger partial charge in [-0.1, -0.05) is 57.5 Å². The van der Waals surface area contributed by atoms with E-state index < -0.39 is 0 Å². The average Bonchev–Trinajstić information content (AvgIpc) is 2.03. The minimum atomic E-state index is 0.318. The van der Waals surface area contributed by atoms with E-state index in [1.807, 2.05) is 0 Å². The normalized spacial score (nSPS) is 22.1. The van der Waals surface area contributed by atoms with Gasteiger partial charge in [-0.05, 0) is 5.92 Å². The summed E-state index contributed by atoms with van der Waals surface area (Å²) in [6.45, 7) is 4.74. The first-order valence-corrected chi connectivity index (χ1v) is 7.10. The van der Waals surface area contributed by atoms with Gasteiger partial charge in [0.15, 0.2) is 0 Å². The van der Waals surface area contributed by atoms with E-state index in [9.17, 15) is 0 Å². The summed E-state index contributed by atoms with van der Waals surface area (Å²) in [5, 5.41) is 0. The number of hydrogen-bond donors (Lipinski definition) is 0. The second kappa shape index (κ2) is 4.97. The highest BCUT2D eigenvalue weighted by Crippen LogP contribution is 2.28. The van der Waals surface area contributed by atoms with Crippen LogP contribution < -0.4 is 0 Å². The van der Waals surface area contributed by atoms with Crippen LogP contribution in [0.3, 0.4) is 0 Å². The molecule has 0 heterocycles. The highest BCUT2D eigenvalue weighted by atomic mass is 28.2. The summed E-state index contributed by atoms with van der Waals surface area (Å²) in [5.41, 5.74) is 1.23. The van der Waals surface area contributed by atoms with Crippen molar-refractivity contribution < 1.29 is 0 Å². The fraction of sp³-hybridized carbons (Fsp3) is 1.00. The molecule has 0 aromatic carbocycles. The summed E-state index contributed by atoms with van der Waals surface area (Å²) < 4.78 is 0. The molecule has 0 radical (unpaired) electrons. The van der Waals surface area contributed by atoms with Gasteiger partial charge in [-0.25, -0.2) is 0 Å². The van der Waals surface area contributed by atoms with Gasteiger partial charge in [0, 0.05) is 9.52 Å². The standard InChI is InChI=1S/C10H22Si/c1-9(2)8-11-10-6-4-3-5-7-10/h9-10H,3-8,11H2,1-2H3. The Bertz CT molecular complexity index is 93.0. The maximum atomic E-state index is 2.37. The van der Waals surface area contributed by atoms with E-state index in [1.165, 1.54) is 24.8 Å². The number of hydrogen-bond acceptors (Lipinski definition) is 0. The Labute approximate surface area is 73.6 Å². The van der Waals surface area contributed by atoms with Crippen molar-refractivity contribution in [1.29, 1.82) is 0 Å². The van der Waals surface area contributed by atoms with Crippen molar-refractivity contribution in [2.24, 2.45) is 5.92 Å². The van der Waals surface area contributed by atoms with Crippen LogP contribution in [0.1, 0.15) is 46.0 Å². The fourth-order valence-electron chi connectivity index (χ4n) is 2.04. The van der Waals surface area contributed by atoms with E-state index in [2.05, 4.69) is 13.8 Å². The van der Waals surface area contributed by atoms with Crippen molar-refractivity contribution in [3.05, 3.63) is 0 Å². The Morgan fingerprint density at radius 2 is 1.82 bits per heavy atom. The molecule has 0 aromatic rings. The minimum Gasteiger partial charge on any atom is -0.0631 e. The minimum absolute atomic E-state index is 0.318. The van der Waals surface area contributed by atoms with Crippen LogP contribution in [0.25, 0.3) is 0 Å². The van der Waals surface area contributed by atoms with Crippen molar-refractivity contribution in [1.82, 2.24) is 0 Å². The lowest BCUT2D eigenvalue weighted by Gasteiger charge is -2.21. The summed E-state index contributed by atoms with van der Waals surface area (Å²) in [6.07, 6.45) is 7.76. The Morgan fingerprint density at radius 1 is 1.18 bits per heavy atom. The van der Waals surface area contributed by atoms with E-state index in [4.69, 9.17) is 0 Å². The molecule has 0 saturated heterocycles. The van der Waals surface area contributed by atoms with Gasteiger partial charge in [0.25, 0.3) is 0 Å². The molecule has 1 aliphatic rings. The Hall–Kier alpha value is 0.217. The van der Waals surface area contributed by atoms with Crippen LogP contribution >= 0.6 is 0 Å². The lowest BCUT2D eigenvalue weighted by atomic mass is 10.0. The molecule has 0 bridgehead atoms. The van der Waals surface area contributed by atoms with Gasteiger partial charge < -0.3 is 0 Å². The van der Waals surface area contributed by atoms with Crippen molar-refractivity contribution in [2.75, 3.05) is 0 Å². The topological polar surface area (TPSA) is 0 Å². The van der Waals surface area contributed by atoms with E-state index in [1.54, 1.807) is 18.9 Å². The van der Waals surface area contributed by atoms with Crippen LogP contribution in [0.15, 0.2) is 0 Å². The molecule has 1 heteroatoms. The maximum Gasteiger partial charge on any atom is 0.0234 e. The van der Waals surface area contributed by atoms with E-state index in [0.29, 0.717) is 9.52 Å². The quantitative estimate of drug-likeness (QED) is 0.571. The van der Waals surface area contributed by atoms with Gasteiger partial charge in [0.2, 0.25) is 0 Å². The van der Waals surface area contributed by atoms with Crippen LogP contribution in [0, 0.1) is 5.92 Å². The third-order valence-corrected chi connectivity index (χ3v) is 6.00. The maximum absolute atomic E-state index is 2.37. The van der Waals surface area contributed by atoms with Gasteiger partial charge in [-0.15, -0.1) is 0 Å². The third-order valence-electron chi connectivity index (χ3n) is 2.88. The van der Waals surface area contributed by atoms with Crippen molar-refractivity contribution >= 4 is 9.52 Å². The SMILES string of the molecule is CC(C)C[SiH2]C1CCCCC1. The van der Waals surface area contributed by atoms with E-state index in [0.717, 1.165) is 5.92 Å². The lowest BCUT2D eigenvalue weighted by Crippen LogP contribution is -2.09. The molecule has 66 valence electrons. The zero-order valence-corrected chi connectivity index (χ0v) is 9.52. The Morgan fingerprint density at radius 3 is 2.36 bits per heavy atom. The zero-order chi connectivity index (χ0) is 8.10. The van der Waals surface area contributed by atoms with Crippen LogP contribution in [0.5, 0.6) is 0 Å². The average molecular weight is 170 g/mol. The molecule has 0 spiro atoms. The highest BCUT2D eigenvalue weighted by molar-refractivity contribution is 6.37. The molecule has 0 N–H and O–H groups in total. The van der Waals surface area contributed by atoms with Gasteiger partial charge in [0.1, 0.15) is 0 Å². The summed E-state index contributed by atoms with van der Waals surface area (Å²) >= 11 is 0. The molecule has 0 aromatic heterocycles. The van der Waals surface area contributed by atoms with Crippen LogP contribution in [-0.2, 0) is 0 Å². The summed E-state index contributed by atoms with van der Waals surface area (Å²) in [4.78, 5) is 0. The molecular formula is C10H22Si. The highest BCUT2D eigenvalue weighted by Gasteiger charge is 2.13. The fourth-order valence-corrected chi connectivity index (χ4v) is 4.34. The number of rotatable bonds is 3. The first kappa shape index (κ1) is 9.31. The summed E-state index contributed by atoms with van der Waals surface area (Å²) in [6, 6.07) is 1.59. The summed E-state index contributed by atoms with van der Waals surface area (Å²) in [5.74, 6) is 0.976. The molecule has 1 fully saturated rings. The molecule has 0 aliphatic heterocycles. The van der Waals surface area contributed by atoms with Gasteiger partial charge in [-0.2, -0.15) is 0 Å². The first-order valence-electron chi connectivity index (χ1n) is 5.29. The third kappa shape index (κ3) is 3.95. The van der Waals surface area contributed by atoms with Crippen molar-refractivity contribution in [3.8, 4) is 0 Å². The summed E-state index contributed by atoms with van der Waals surface area (Å²) in [7, 11) is 0.318. The van der Waals surface area contributed by atoms with Crippen LogP contribution in [-0.4, -0.2) is 9.52 Å². The predicted octanol–water partition coefficient (Wildman–Crippen LogP) is 2.98. The van der Waals surface area contributed by atoms with Crippen LogP contribution in [0.4, 0.5) is 0 Å². The van der Waals surface area contributed by atoms with Gasteiger partial charge in [0.05, 0.1) is 0 Å². The monoisotopic (exact) mass is 170 g/mol. The smallest absolute Gasteiger partial charge is 0.0234 e. The van der Waals surface area contributed by atoms with Gasteiger partial charge >= 0.3 is 0 Å². The molecule has 0 amide bonds. The molecule has 1 saturated carbocycles. The lowest BCUT2D eigenvalue weighted by molar-refractivity contribution is 0.498. The zero-order valence-electron chi connectivity index (χ0n) is 8.10. The van der Waals surface area contributed by atoms with Crippen molar-refractivity contribution in [3.63, 3.8) is 0 Å². The molecule has 0 nitrogen and oxygen atoms in total. The predicted molar refractivity (Wildman–Crippen MR) is 55.0 cm³/mol. The van der Waals surface area contributed by atoms with E-state index in [-0.39, 0.29) is 0 Å². The van der Waals surface area contributed by atoms with Gasteiger partial charge in [-0.3, -0.25) is 0 Å². The Kier molecular flexibility index (Phi) is 4.20. The van der Waals surface area contributed by atoms with Crippen LogP contribution in [0.2, 0.25) is 11.6 Å². The molecule has 11 heavy (non-hydrogen) atoms. The molecule has 1 rings (SSSR count). The Balaban J connectivity index is 2.05. The first-order chi connectivity index (χ1) is 5.29.